The normalized spacial score (nSPS) is 30.9. The monoisotopic (exact) mass is 210 g/mol. The highest BCUT2D eigenvalue weighted by Gasteiger charge is 2.61. The maximum Gasteiger partial charge on any atom is 0.307 e. The predicted molar refractivity (Wildman–Crippen MR) is 47.4 cm³/mol. The van der Waals surface area contributed by atoms with Crippen LogP contribution in [-0.4, -0.2) is 11.1 Å². The standard InChI is InChI=1S/C11H8F2O2/c12-6-1-2-7(13)8-4(6)3-5-9(8)10(5)11(14)15/h1-2,5,9-10H,3H2,(H,14,15)/t5-,9-,10-/m1/s1. The summed E-state index contributed by atoms with van der Waals surface area (Å²) in [6.07, 6.45) is 0.362. The second-order valence-corrected chi connectivity index (χ2v) is 4.18. The Hall–Kier alpha value is -1.45. The lowest BCUT2D eigenvalue weighted by Gasteiger charge is -2.07. The number of benzene rings is 1. The van der Waals surface area contributed by atoms with Gasteiger partial charge >= 0.3 is 5.97 Å². The molecule has 0 aromatic heterocycles. The molecule has 2 aliphatic rings. The minimum atomic E-state index is -0.903. The molecule has 4 heteroatoms. The number of carbonyl (C=O) groups is 1. The summed E-state index contributed by atoms with van der Waals surface area (Å²) in [4.78, 5) is 10.8. The van der Waals surface area contributed by atoms with Crippen LogP contribution in [0.4, 0.5) is 8.78 Å². The van der Waals surface area contributed by atoms with Gasteiger partial charge in [0.25, 0.3) is 0 Å². The van der Waals surface area contributed by atoms with Gasteiger partial charge in [0, 0.05) is 5.92 Å². The van der Waals surface area contributed by atoms with Crippen LogP contribution in [0, 0.1) is 23.5 Å². The van der Waals surface area contributed by atoms with Gasteiger partial charge in [0.1, 0.15) is 11.6 Å². The van der Waals surface area contributed by atoms with Crippen LogP contribution in [0.3, 0.4) is 0 Å². The second kappa shape index (κ2) is 2.56. The molecule has 0 heterocycles. The highest BCUT2D eigenvalue weighted by Crippen LogP contribution is 2.62. The van der Waals surface area contributed by atoms with E-state index in [2.05, 4.69) is 0 Å². The van der Waals surface area contributed by atoms with Gasteiger partial charge in [0.2, 0.25) is 0 Å². The van der Waals surface area contributed by atoms with E-state index in [1.54, 1.807) is 0 Å². The average Bonchev–Trinajstić information content (AvgIpc) is 2.75. The zero-order valence-corrected chi connectivity index (χ0v) is 7.71. The highest BCUT2D eigenvalue weighted by atomic mass is 19.1. The Morgan fingerprint density at radius 2 is 2.00 bits per heavy atom. The number of hydrogen-bond donors (Lipinski definition) is 1. The van der Waals surface area contributed by atoms with Gasteiger partial charge in [-0.3, -0.25) is 4.79 Å². The summed E-state index contributed by atoms with van der Waals surface area (Å²) in [5.74, 6) is -2.68. The van der Waals surface area contributed by atoms with Crippen LogP contribution in [0.1, 0.15) is 17.0 Å². The largest absolute Gasteiger partial charge is 0.481 e. The van der Waals surface area contributed by atoms with E-state index in [9.17, 15) is 13.6 Å². The van der Waals surface area contributed by atoms with E-state index in [4.69, 9.17) is 5.11 Å². The molecule has 3 atom stereocenters. The lowest BCUT2D eigenvalue weighted by atomic mass is 10.0. The number of carboxylic acid groups (broad SMARTS) is 1. The zero-order chi connectivity index (χ0) is 10.7. The quantitative estimate of drug-likeness (QED) is 0.769. The first-order chi connectivity index (χ1) is 7.11. The summed E-state index contributed by atoms with van der Waals surface area (Å²) in [6, 6.07) is 2.18. The van der Waals surface area contributed by atoms with Gasteiger partial charge in [-0.1, -0.05) is 0 Å². The van der Waals surface area contributed by atoms with E-state index in [0.29, 0.717) is 17.5 Å². The zero-order valence-electron chi connectivity index (χ0n) is 7.71. The van der Waals surface area contributed by atoms with Crippen LogP contribution in [0.15, 0.2) is 12.1 Å². The van der Waals surface area contributed by atoms with Crippen molar-refractivity contribution in [2.24, 2.45) is 11.8 Å². The van der Waals surface area contributed by atoms with Crippen LogP contribution in [0.25, 0.3) is 0 Å². The third-order valence-electron chi connectivity index (χ3n) is 3.47. The first-order valence-corrected chi connectivity index (χ1v) is 4.81. The highest BCUT2D eigenvalue weighted by molar-refractivity contribution is 5.77. The molecule has 1 aromatic rings. The first kappa shape index (κ1) is 8.83. The van der Waals surface area contributed by atoms with Crippen LogP contribution in [-0.2, 0) is 11.2 Å². The Balaban J connectivity index is 2.09. The number of rotatable bonds is 1. The molecule has 1 fully saturated rings. The molecule has 0 aliphatic heterocycles. The number of carboxylic acids is 1. The van der Waals surface area contributed by atoms with Crippen molar-refractivity contribution in [3.8, 4) is 0 Å². The van der Waals surface area contributed by atoms with Crippen molar-refractivity contribution < 1.29 is 18.7 Å². The maximum atomic E-state index is 13.4. The predicted octanol–water partition coefficient (Wildman–Crippen LogP) is 1.94. The third-order valence-corrected chi connectivity index (χ3v) is 3.47. The summed E-state index contributed by atoms with van der Waals surface area (Å²) in [7, 11) is 0. The number of aliphatic carboxylic acids is 1. The minimum Gasteiger partial charge on any atom is -0.481 e. The molecule has 0 saturated heterocycles. The summed E-state index contributed by atoms with van der Waals surface area (Å²) in [6.45, 7) is 0. The molecule has 1 aromatic carbocycles. The van der Waals surface area contributed by atoms with Crippen molar-refractivity contribution in [1.29, 1.82) is 0 Å². The van der Waals surface area contributed by atoms with Gasteiger partial charge in [-0.2, -0.15) is 0 Å². The number of halogens is 2. The molecule has 2 aliphatic carbocycles. The molecule has 0 radical (unpaired) electrons. The van der Waals surface area contributed by atoms with Crippen molar-refractivity contribution in [3.05, 3.63) is 34.9 Å². The van der Waals surface area contributed by atoms with Crippen molar-refractivity contribution in [3.63, 3.8) is 0 Å². The lowest BCUT2D eigenvalue weighted by molar-refractivity contribution is -0.139. The van der Waals surface area contributed by atoms with E-state index in [1.807, 2.05) is 0 Å². The van der Waals surface area contributed by atoms with Gasteiger partial charge in [-0.05, 0) is 35.6 Å². The van der Waals surface area contributed by atoms with Crippen LogP contribution in [0.5, 0.6) is 0 Å². The molecule has 78 valence electrons. The summed E-state index contributed by atoms with van der Waals surface area (Å²) in [5, 5.41) is 8.83. The number of hydrogen-bond acceptors (Lipinski definition) is 1. The Morgan fingerprint density at radius 1 is 1.33 bits per heavy atom. The van der Waals surface area contributed by atoms with E-state index in [1.165, 1.54) is 0 Å². The van der Waals surface area contributed by atoms with Crippen molar-refractivity contribution in [2.45, 2.75) is 12.3 Å². The van der Waals surface area contributed by atoms with Crippen LogP contribution < -0.4 is 0 Å². The van der Waals surface area contributed by atoms with Gasteiger partial charge in [-0.25, -0.2) is 8.78 Å². The molecule has 3 rings (SSSR count). The van der Waals surface area contributed by atoms with Gasteiger partial charge in [-0.15, -0.1) is 0 Å². The maximum absolute atomic E-state index is 13.4. The Kier molecular flexibility index (Phi) is 1.51. The summed E-state index contributed by atoms with van der Waals surface area (Å²) >= 11 is 0. The third kappa shape index (κ3) is 0.991. The molecule has 1 saturated carbocycles. The smallest absolute Gasteiger partial charge is 0.307 e. The fraction of sp³-hybridized carbons (Fsp3) is 0.364. The van der Waals surface area contributed by atoms with Gasteiger partial charge < -0.3 is 5.11 Å². The number of fused-ring (bicyclic) bond motifs is 3. The van der Waals surface area contributed by atoms with Crippen molar-refractivity contribution >= 4 is 5.97 Å². The first-order valence-electron chi connectivity index (χ1n) is 4.81. The summed E-state index contributed by atoms with van der Waals surface area (Å²) in [5.41, 5.74) is 0.676. The molecule has 2 nitrogen and oxygen atoms in total. The van der Waals surface area contributed by atoms with Crippen molar-refractivity contribution in [1.82, 2.24) is 0 Å². The minimum absolute atomic E-state index is 0.0936. The summed E-state index contributed by atoms with van der Waals surface area (Å²) < 4.78 is 26.7. The Labute approximate surface area is 84.5 Å². The molecular weight excluding hydrogens is 202 g/mol. The molecule has 0 amide bonds. The van der Waals surface area contributed by atoms with Crippen LogP contribution in [0.2, 0.25) is 0 Å². The van der Waals surface area contributed by atoms with E-state index < -0.39 is 23.5 Å². The molecular formula is C11H8F2O2. The Morgan fingerprint density at radius 3 is 2.67 bits per heavy atom. The molecule has 15 heavy (non-hydrogen) atoms. The molecule has 0 unspecified atom stereocenters. The molecule has 0 bridgehead atoms. The topological polar surface area (TPSA) is 37.3 Å². The lowest BCUT2D eigenvalue weighted by Crippen LogP contribution is -2.07. The van der Waals surface area contributed by atoms with E-state index in [0.717, 1.165) is 12.1 Å². The van der Waals surface area contributed by atoms with Crippen LogP contribution >= 0.6 is 0 Å². The van der Waals surface area contributed by atoms with Gasteiger partial charge in [0.15, 0.2) is 0 Å². The van der Waals surface area contributed by atoms with E-state index >= 15 is 0 Å². The van der Waals surface area contributed by atoms with Crippen molar-refractivity contribution in [2.75, 3.05) is 0 Å². The fourth-order valence-corrected chi connectivity index (χ4v) is 2.77. The SMILES string of the molecule is O=C(O)[C@@H]1[C@@H]2Cc3c(F)ccc(F)c3[C@@H]21. The fourth-order valence-electron chi connectivity index (χ4n) is 2.77. The van der Waals surface area contributed by atoms with Gasteiger partial charge in [0.05, 0.1) is 5.92 Å². The van der Waals surface area contributed by atoms with E-state index in [-0.39, 0.29) is 11.8 Å². The molecule has 1 N–H and O–H groups in total. The molecule has 0 spiro atoms. The Bertz CT molecular complexity index is 470. The second-order valence-electron chi connectivity index (χ2n) is 4.18. The average molecular weight is 210 g/mol.